The molecule has 0 spiro atoms. The summed E-state index contributed by atoms with van der Waals surface area (Å²) in [6, 6.07) is 4.77. The van der Waals surface area contributed by atoms with Gasteiger partial charge in [0.05, 0.1) is 17.8 Å². The molecule has 0 aliphatic heterocycles. The monoisotopic (exact) mass is 317 g/mol. The van der Waals surface area contributed by atoms with Crippen LogP contribution in [0.5, 0.6) is 0 Å². The van der Waals surface area contributed by atoms with Crippen LogP contribution in [0.25, 0.3) is 0 Å². The van der Waals surface area contributed by atoms with Gasteiger partial charge in [-0.1, -0.05) is 19.9 Å². The van der Waals surface area contributed by atoms with Crippen molar-refractivity contribution < 1.29 is 9.18 Å². The molecule has 0 aliphatic carbocycles. The van der Waals surface area contributed by atoms with Gasteiger partial charge in [-0.2, -0.15) is 5.10 Å². The Morgan fingerprint density at radius 2 is 2.00 bits per heavy atom. The Kier molecular flexibility index (Phi) is 5.19. The summed E-state index contributed by atoms with van der Waals surface area (Å²) in [5.41, 5.74) is 3.79. The summed E-state index contributed by atoms with van der Waals surface area (Å²) in [4.78, 5) is 12.2. The lowest BCUT2D eigenvalue weighted by Gasteiger charge is -2.09. The second-order valence-electron chi connectivity index (χ2n) is 6.43. The van der Waals surface area contributed by atoms with Gasteiger partial charge in [-0.05, 0) is 44.4 Å². The molecule has 1 heterocycles. The van der Waals surface area contributed by atoms with Crippen LogP contribution in [0.4, 0.5) is 10.1 Å². The molecule has 4 nitrogen and oxygen atoms in total. The van der Waals surface area contributed by atoms with Gasteiger partial charge in [0.25, 0.3) is 0 Å². The highest BCUT2D eigenvalue weighted by Crippen LogP contribution is 2.18. The lowest BCUT2D eigenvalue weighted by Crippen LogP contribution is -2.16. The number of halogens is 1. The lowest BCUT2D eigenvalue weighted by molar-refractivity contribution is -0.115. The highest BCUT2D eigenvalue weighted by molar-refractivity contribution is 5.92. The number of amides is 1. The van der Waals surface area contributed by atoms with Crippen LogP contribution in [-0.2, 0) is 17.8 Å². The lowest BCUT2D eigenvalue weighted by atomic mass is 10.1. The third kappa shape index (κ3) is 4.18. The number of carbonyl (C=O) groups excluding carboxylic acids is 1. The molecule has 0 unspecified atom stereocenters. The molecule has 124 valence electrons. The molecule has 2 rings (SSSR count). The fourth-order valence-corrected chi connectivity index (χ4v) is 2.59. The van der Waals surface area contributed by atoms with Gasteiger partial charge in [-0.15, -0.1) is 0 Å². The van der Waals surface area contributed by atoms with E-state index in [4.69, 9.17) is 0 Å². The van der Waals surface area contributed by atoms with E-state index < -0.39 is 5.82 Å². The molecule has 0 radical (unpaired) electrons. The maximum Gasteiger partial charge on any atom is 0.229 e. The molecule has 0 fully saturated rings. The number of aryl methyl sites for hydroxylation is 2. The van der Waals surface area contributed by atoms with Crippen molar-refractivity contribution in [3.05, 3.63) is 46.5 Å². The van der Waals surface area contributed by atoms with Crippen molar-refractivity contribution >= 4 is 11.6 Å². The first-order valence-electron chi connectivity index (χ1n) is 7.86. The average molecular weight is 317 g/mol. The Morgan fingerprint density at radius 1 is 1.30 bits per heavy atom. The van der Waals surface area contributed by atoms with Crippen LogP contribution in [0.3, 0.4) is 0 Å². The molecule has 0 saturated heterocycles. The van der Waals surface area contributed by atoms with E-state index in [0.717, 1.165) is 29.1 Å². The minimum atomic E-state index is -0.415. The summed E-state index contributed by atoms with van der Waals surface area (Å²) in [5, 5.41) is 7.14. The number of hydrogen-bond acceptors (Lipinski definition) is 2. The molecule has 23 heavy (non-hydrogen) atoms. The highest BCUT2D eigenvalue weighted by Gasteiger charge is 2.16. The molecule has 5 heteroatoms. The van der Waals surface area contributed by atoms with E-state index in [-0.39, 0.29) is 18.0 Å². The number of benzene rings is 1. The quantitative estimate of drug-likeness (QED) is 0.912. The van der Waals surface area contributed by atoms with Crippen molar-refractivity contribution in [1.82, 2.24) is 9.78 Å². The number of rotatable bonds is 5. The second kappa shape index (κ2) is 6.94. The molecule has 1 aromatic heterocycles. The van der Waals surface area contributed by atoms with E-state index in [0.29, 0.717) is 5.92 Å². The Labute approximate surface area is 136 Å². The van der Waals surface area contributed by atoms with Crippen LogP contribution in [-0.4, -0.2) is 15.7 Å². The van der Waals surface area contributed by atoms with Crippen LogP contribution >= 0.6 is 0 Å². The first kappa shape index (κ1) is 17.2. The van der Waals surface area contributed by atoms with Crippen LogP contribution in [0, 0.1) is 32.5 Å². The minimum Gasteiger partial charge on any atom is -0.323 e. The van der Waals surface area contributed by atoms with Crippen molar-refractivity contribution in [2.45, 2.75) is 47.6 Å². The summed E-state index contributed by atoms with van der Waals surface area (Å²) in [5.74, 6) is -0.165. The maximum absolute atomic E-state index is 13.8. The van der Waals surface area contributed by atoms with Gasteiger partial charge in [0.2, 0.25) is 5.91 Å². The van der Waals surface area contributed by atoms with Crippen LogP contribution in [0.15, 0.2) is 18.2 Å². The molecule has 1 N–H and O–H groups in total. The summed E-state index contributed by atoms with van der Waals surface area (Å²) < 4.78 is 15.8. The number of nitrogens with one attached hydrogen (secondary N) is 1. The smallest absolute Gasteiger partial charge is 0.229 e. The third-order valence-electron chi connectivity index (χ3n) is 3.81. The zero-order valence-electron chi connectivity index (χ0n) is 14.4. The topological polar surface area (TPSA) is 46.9 Å². The second-order valence-corrected chi connectivity index (χ2v) is 6.43. The fourth-order valence-electron chi connectivity index (χ4n) is 2.59. The van der Waals surface area contributed by atoms with E-state index in [2.05, 4.69) is 24.3 Å². The molecular formula is C18H24FN3O. The molecule has 0 bridgehead atoms. The van der Waals surface area contributed by atoms with Crippen LogP contribution in [0.1, 0.15) is 36.4 Å². The predicted octanol–water partition coefficient (Wildman–Crippen LogP) is 3.78. The highest BCUT2D eigenvalue weighted by atomic mass is 19.1. The number of nitrogens with zero attached hydrogens (tertiary/aromatic N) is 2. The molecule has 0 saturated carbocycles. The molecule has 2 aromatic rings. The maximum atomic E-state index is 13.8. The number of aromatic nitrogens is 2. The number of hydrogen-bond donors (Lipinski definition) is 1. The summed E-state index contributed by atoms with van der Waals surface area (Å²) in [6.07, 6.45) is 0.197. The Balaban J connectivity index is 2.12. The van der Waals surface area contributed by atoms with Gasteiger partial charge in [-0.25, -0.2) is 4.39 Å². The van der Waals surface area contributed by atoms with E-state index >= 15 is 0 Å². The van der Waals surface area contributed by atoms with Gasteiger partial charge >= 0.3 is 0 Å². The van der Waals surface area contributed by atoms with E-state index in [1.54, 1.807) is 12.1 Å². The normalized spacial score (nSPS) is 11.1. The molecule has 1 amide bonds. The predicted molar refractivity (Wildman–Crippen MR) is 90.0 cm³/mol. The zero-order valence-corrected chi connectivity index (χ0v) is 14.4. The van der Waals surface area contributed by atoms with Crippen molar-refractivity contribution in [2.24, 2.45) is 5.92 Å². The fraction of sp³-hybridized carbons (Fsp3) is 0.444. The van der Waals surface area contributed by atoms with Crippen molar-refractivity contribution in [3.8, 4) is 0 Å². The molecule has 0 atom stereocenters. The van der Waals surface area contributed by atoms with Crippen LogP contribution in [0.2, 0.25) is 0 Å². The molecule has 0 aliphatic rings. The van der Waals surface area contributed by atoms with Crippen molar-refractivity contribution in [3.63, 3.8) is 0 Å². The first-order chi connectivity index (χ1) is 10.8. The number of carbonyl (C=O) groups is 1. The van der Waals surface area contributed by atoms with Gasteiger partial charge in [0.15, 0.2) is 0 Å². The summed E-state index contributed by atoms with van der Waals surface area (Å²) in [7, 11) is 0. The van der Waals surface area contributed by atoms with Gasteiger partial charge in [0.1, 0.15) is 5.82 Å². The summed E-state index contributed by atoms with van der Waals surface area (Å²) >= 11 is 0. The Hall–Kier alpha value is -2.17. The van der Waals surface area contributed by atoms with Crippen molar-refractivity contribution in [2.75, 3.05) is 5.32 Å². The zero-order chi connectivity index (χ0) is 17.1. The van der Waals surface area contributed by atoms with E-state index in [1.165, 1.54) is 6.07 Å². The largest absolute Gasteiger partial charge is 0.323 e. The Morgan fingerprint density at radius 3 is 2.61 bits per heavy atom. The Bertz CT molecular complexity index is 719. The van der Waals surface area contributed by atoms with Crippen molar-refractivity contribution in [1.29, 1.82) is 0 Å². The van der Waals surface area contributed by atoms with Gasteiger partial charge in [0, 0.05) is 17.8 Å². The van der Waals surface area contributed by atoms with E-state index in [1.807, 2.05) is 25.5 Å². The summed E-state index contributed by atoms with van der Waals surface area (Å²) in [6.45, 7) is 10.8. The SMILES string of the molecule is Cc1ccc(NC(=O)Cc2c(C)nn(CC(C)C)c2C)c(F)c1. The third-order valence-corrected chi connectivity index (χ3v) is 3.81. The van der Waals surface area contributed by atoms with Gasteiger partial charge < -0.3 is 5.32 Å². The molecular weight excluding hydrogens is 293 g/mol. The van der Waals surface area contributed by atoms with Crippen LogP contribution < -0.4 is 5.32 Å². The number of anilines is 1. The first-order valence-corrected chi connectivity index (χ1v) is 7.86. The molecule has 1 aromatic carbocycles. The minimum absolute atomic E-state index is 0.197. The van der Waals surface area contributed by atoms with Gasteiger partial charge in [-0.3, -0.25) is 9.48 Å². The van der Waals surface area contributed by atoms with E-state index in [9.17, 15) is 9.18 Å². The average Bonchev–Trinajstić information content (AvgIpc) is 2.69. The standard InChI is InChI=1S/C18H24FN3O/c1-11(2)10-22-14(5)15(13(4)21-22)9-18(23)20-17-7-6-12(3)8-16(17)19/h6-8,11H,9-10H2,1-5H3,(H,20,23).